The van der Waals surface area contributed by atoms with E-state index in [1.807, 2.05) is 58.2 Å². The van der Waals surface area contributed by atoms with Crippen LogP contribution in [0.3, 0.4) is 0 Å². The second-order valence-electron chi connectivity index (χ2n) is 15.4. The van der Waals surface area contributed by atoms with Gasteiger partial charge in [0, 0.05) is 41.3 Å². The number of imidazole rings is 1. The molecule has 2 atom stereocenters. The lowest BCUT2D eigenvalue weighted by atomic mass is 9.69. The maximum absolute atomic E-state index is 13.3. The minimum absolute atomic E-state index is 0. The average molecular weight is 726 g/mol. The van der Waals surface area contributed by atoms with Gasteiger partial charge in [-0.05, 0) is 95.2 Å². The van der Waals surface area contributed by atoms with Crippen molar-refractivity contribution in [2.75, 3.05) is 0 Å². The molecule has 0 saturated heterocycles. The maximum Gasteiger partial charge on any atom is 0.153 e. The molecule has 2 unspecified atom stereocenters. The lowest BCUT2D eigenvalue weighted by Crippen LogP contribution is -2.35. The zero-order chi connectivity index (χ0) is 35.8. The number of unbranched alkanes of at least 4 members (excludes halogenated alkanes) is 2. The maximum atomic E-state index is 13.3. The number of rotatable bonds is 9. The predicted octanol–water partition coefficient (Wildman–Crippen LogP) is 4.38. The van der Waals surface area contributed by atoms with Crippen LogP contribution in [0.5, 0.6) is 11.5 Å². The largest absolute Gasteiger partial charge is 0.744 e. The van der Waals surface area contributed by atoms with Gasteiger partial charge >= 0.3 is 0 Å². The normalized spacial score (nSPS) is 20.3. The quantitative estimate of drug-likeness (QED) is 0.177. The van der Waals surface area contributed by atoms with Gasteiger partial charge in [0.05, 0.1) is 0 Å². The lowest BCUT2D eigenvalue weighted by molar-refractivity contribution is -0.305. The fourth-order valence-corrected chi connectivity index (χ4v) is 10.1. The first kappa shape index (κ1) is 37.7. The molecule has 0 saturated carbocycles. The summed E-state index contributed by atoms with van der Waals surface area (Å²) in [5.41, 5.74) is 1.49. The molecule has 0 radical (unpaired) electrons. The fraction of sp³-hybridized carbons (Fsp3) is 0.514. The highest BCUT2D eigenvalue weighted by Crippen LogP contribution is 2.51. The van der Waals surface area contributed by atoms with Gasteiger partial charge < -0.3 is 28.3 Å². The van der Waals surface area contributed by atoms with E-state index in [1.54, 1.807) is 18.5 Å². The number of aliphatic carboxylic acids is 1. The first-order chi connectivity index (χ1) is 22.7. The summed E-state index contributed by atoms with van der Waals surface area (Å²) >= 11 is 0. The van der Waals surface area contributed by atoms with E-state index in [1.165, 1.54) is 0 Å². The number of aromatic nitrogens is 2. The summed E-state index contributed by atoms with van der Waals surface area (Å²) in [6.45, 7) is 12.2. The number of carboxylic acid groups (broad SMARTS) is 1. The molecule has 0 N–H and O–H groups in total. The highest BCUT2D eigenvalue weighted by molar-refractivity contribution is 7.86. The van der Waals surface area contributed by atoms with Crippen LogP contribution in [0, 0.1) is 10.8 Å². The Hall–Kier alpha value is -3.52. The molecule has 3 aromatic rings. The summed E-state index contributed by atoms with van der Waals surface area (Å²) in [5, 5.41) is 11.4. The Balaban J connectivity index is 0.00000486. The smallest absolute Gasteiger partial charge is 0.153 e. The van der Waals surface area contributed by atoms with Gasteiger partial charge in [0.2, 0.25) is 0 Å². The molecular weight excluding hydrogens is 681 g/mol. The fourth-order valence-electron chi connectivity index (χ4n) is 8.41. The molecule has 1 aliphatic heterocycles. The van der Waals surface area contributed by atoms with Crippen molar-refractivity contribution in [3.8, 4) is 11.5 Å². The second kappa shape index (κ2) is 12.9. The van der Waals surface area contributed by atoms with Gasteiger partial charge in [-0.1, -0.05) is 61.5 Å². The number of carbonyl (C=O) groups excluding carboxylic acids is 1. The first-order valence-electron chi connectivity index (χ1n) is 16.6. The second-order valence-corrected chi connectivity index (χ2v) is 18.1. The number of nitrogens with zero attached hydrogens (tertiary/aromatic N) is 2. The lowest BCUT2D eigenvalue weighted by Gasteiger charge is -2.39. The number of ether oxygens (including phenoxy) is 1. The Labute approximate surface area is 294 Å². The van der Waals surface area contributed by atoms with E-state index in [0.29, 0.717) is 60.3 Å². The Bertz CT molecular complexity index is 2230. The third-order valence-electron chi connectivity index (χ3n) is 10.1. The number of fused-ring (bicyclic) bond motifs is 4. The summed E-state index contributed by atoms with van der Waals surface area (Å²) in [6.07, 6.45) is 8.28. The minimum Gasteiger partial charge on any atom is -0.744 e. The van der Waals surface area contributed by atoms with Gasteiger partial charge in [-0.15, -0.1) is 0 Å². The van der Waals surface area contributed by atoms with E-state index in [9.17, 15) is 35.8 Å². The van der Waals surface area contributed by atoms with Crippen molar-refractivity contribution < 1.29 is 40.6 Å². The highest BCUT2D eigenvalue weighted by atomic mass is 32.2. The van der Waals surface area contributed by atoms with Crippen molar-refractivity contribution in [3.05, 3.63) is 63.0 Å². The standard InChI is InChI=1S/C36H44N2O9S2.CH4/c1-20-16-35(3,4)18-26-22(20)14-24-29(34-37-11-13-38(34)12-9-7-8-10-28(39)40)25-15-23-21(2)17-36(5,6)19-27(23)33(49(44,45)46)31(25)47-30(24)32(26)48(41,42)43;/h11,13-15,18,20-21H,7-10,12,16-17,19H2,1-6H3,(H,39,40)(H,41,42,43)(H,44,45,46);1H4/p-3. The van der Waals surface area contributed by atoms with Gasteiger partial charge in [-0.2, -0.15) is 0 Å². The molecule has 50 heavy (non-hydrogen) atoms. The Morgan fingerprint density at radius 1 is 0.940 bits per heavy atom. The summed E-state index contributed by atoms with van der Waals surface area (Å²) in [5.74, 6) is -1.65. The van der Waals surface area contributed by atoms with Crippen molar-refractivity contribution in [2.45, 2.75) is 122 Å². The molecule has 11 nitrogen and oxygen atoms in total. The average Bonchev–Trinajstić information content (AvgIpc) is 3.39. The van der Waals surface area contributed by atoms with Gasteiger partial charge in [0.25, 0.3) is 0 Å². The molecule has 3 aliphatic rings. The molecule has 2 aliphatic carbocycles. The van der Waals surface area contributed by atoms with E-state index in [-0.39, 0.29) is 65.0 Å². The first-order valence-corrected chi connectivity index (χ1v) is 19.5. The number of benzene rings is 2. The van der Waals surface area contributed by atoms with Crippen LogP contribution in [0.25, 0.3) is 11.6 Å². The van der Waals surface area contributed by atoms with E-state index < -0.39 is 41.4 Å². The van der Waals surface area contributed by atoms with Crippen molar-refractivity contribution in [2.24, 2.45) is 10.8 Å². The van der Waals surface area contributed by atoms with Crippen LogP contribution >= 0.6 is 0 Å². The van der Waals surface area contributed by atoms with Crippen LogP contribution in [-0.4, -0.2) is 41.5 Å². The topological polar surface area (TPSA) is 182 Å². The van der Waals surface area contributed by atoms with Crippen LogP contribution in [0.1, 0.15) is 127 Å². The molecule has 0 bridgehead atoms. The Morgan fingerprint density at radius 3 is 2.24 bits per heavy atom. The number of carboxylic acids is 1. The summed E-state index contributed by atoms with van der Waals surface area (Å²) in [4.78, 5) is 14.4. The molecule has 272 valence electrons. The van der Waals surface area contributed by atoms with Gasteiger partial charge in [-0.3, -0.25) is 0 Å². The molecule has 13 heteroatoms. The number of hydrogen-bond acceptors (Lipinski definition) is 10. The van der Waals surface area contributed by atoms with Crippen LogP contribution in [0.15, 0.2) is 34.3 Å². The number of carbonyl (C=O) groups is 1. The third-order valence-corrected chi connectivity index (χ3v) is 11.9. The van der Waals surface area contributed by atoms with Crippen LogP contribution in [-0.2, 0) is 38.0 Å². The monoisotopic (exact) mass is 725 g/mol. The molecule has 6 rings (SSSR count). The number of aryl methyl sites for hydroxylation is 1. The molecule has 2 heterocycles. The van der Waals surface area contributed by atoms with Gasteiger partial charge in [0.1, 0.15) is 35.9 Å². The summed E-state index contributed by atoms with van der Waals surface area (Å²) in [7, 11) is -10.4. The summed E-state index contributed by atoms with van der Waals surface area (Å²) in [6, 6.07) is 3.64. The molecule has 1 aromatic heterocycles. The SMILES string of the molecule is C.CC1CC(C)(C)Cc2c1cc1c(c2S(=O)(=O)[O-])Oc2c(S(=O)(=O)[O-])c3c(cc2=C1c1nccn1CCCCCC(=O)[O-])C(C)CC(C)(C)C=3. The molecule has 2 aromatic carbocycles. The summed E-state index contributed by atoms with van der Waals surface area (Å²) < 4.78 is 87.7. The zero-order valence-corrected chi connectivity index (χ0v) is 30.2. The van der Waals surface area contributed by atoms with Crippen molar-refractivity contribution in [1.29, 1.82) is 0 Å². The van der Waals surface area contributed by atoms with Gasteiger partial charge in [-0.25, -0.2) is 21.8 Å². The highest BCUT2D eigenvalue weighted by Gasteiger charge is 2.39. The Kier molecular flexibility index (Phi) is 9.74. The van der Waals surface area contributed by atoms with Crippen molar-refractivity contribution in [3.63, 3.8) is 0 Å². The van der Waals surface area contributed by atoms with E-state index in [2.05, 4.69) is 4.98 Å². The van der Waals surface area contributed by atoms with Crippen LogP contribution in [0.4, 0.5) is 0 Å². The Morgan fingerprint density at radius 2 is 1.60 bits per heavy atom. The molecule has 0 fully saturated rings. The van der Waals surface area contributed by atoms with E-state index >= 15 is 0 Å². The van der Waals surface area contributed by atoms with Crippen LogP contribution in [0.2, 0.25) is 0 Å². The predicted molar refractivity (Wildman–Crippen MR) is 184 cm³/mol. The van der Waals surface area contributed by atoms with Crippen molar-refractivity contribution >= 4 is 37.9 Å². The molecule has 0 spiro atoms. The molecule has 0 amide bonds. The van der Waals surface area contributed by atoms with Gasteiger partial charge in [0.15, 0.2) is 11.5 Å². The van der Waals surface area contributed by atoms with Crippen molar-refractivity contribution in [1.82, 2.24) is 9.55 Å². The van der Waals surface area contributed by atoms with E-state index in [4.69, 9.17) is 4.74 Å². The minimum atomic E-state index is -5.21. The zero-order valence-electron chi connectivity index (χ0n) is 28.6. The van der Waals surface area contributed by atoms with Crippen LogP contribution < -0.4 is 20.3 Å². The number of hydrogen-bond donors (Lipinski definition) is 0. The third kappa shape index (κ3) is 6.89. The van der Waals surface area contributed by atoms with E-state index in [0.717, 1.165) is 6.42 Å². The molecular formula is C37H45N2O9S2-3.